The van der Waals surface area contributed by atoms with E-state index in [9.17, 15) is 0 Å². The molecule has 0 aromatic rings. The molecule has 0 spiro atoms. The van der Waals surface area contributed by atoms with Crippen LogP contribution in [-0.4, -0.2) is 0 Å². The lowest BCUT2D eigenvalue weighted by atomic mass is 9.43. The third-order valence-corrected chi connectivity index (χ3v) is 9.89. The molecule has 9 unspecified atom stereocenters. The topological polar surface area (TPSA) is 0 Å². The van der Waals surface area contributed by atoms with Crippen molar-refractivity contribution < 1.29 is 0 Å². The number of hydrogen-bond donors (Lipinski definition) is 0. The summed E-state index contributed by atoms with van der Waals surface area (Å²) in [6, 6.07) is 0. The molecule has 0 N–H and O–H groups in total. The van der Waals surface area contributed by atoms with Crippen molar-refractivity contribution in [2.24, 2.45) is 52.3 Å². The normalized spacial score (nSPS) is 56.9. The van der Waals surface area contributed by atoms with E-state index in [4.69, 9.17) is 0 Å². The lowest BCUT2D eigenvalue weighted by Gasteiger charge is -2.62. The predicted molar refractivity (Wildman–Crippen MR) is 104 cm³/mol. The molecular weight excluding hydrogens is 288 g/mol. The highest BCUT2D eigenvalue weighted by molar-refractivity contribution is 5.11. The van der Waals surface area contributed by atoms with Crippen molar-refractivity contribution in [3.8, 4) is 0 Å². The third kappa shape index (κ3) is 2.30. The summed E-state index contributed by atoms with van der Waals surface area (Å²) in [5, 5.41) is 0. The second-order valence-electron chi connectivity index (χ2n) is 10.9. The van der Waals surface area contributed by atoms with Gasteiger partial charge in [-0.15, -0.1) is 6.58 Å². The van der Waals surface area contributed by atoms with E-state index >= 15 is 0 Å². The maximum Gasteiger partial charge on any atom is -0.0261 e. The molecule has 4 fully saturated rings. The van der Waals surface area contributed by atoms with Gasteiger partial charge in [0.25, 0.3) is 0 Å². The van der Waals surface area contributed by atoms with Gasteiger partial charge >= 0.3 is 0 Å². The summed E-state index contributed by atoms with van der Waals surface area (Å²) in [4.78, 5) is 0. The van der Waals surface area contributed by atoms with Crippen LogP contribution in [0.5, 0.6) is 0 Å². The second kappa shape index (κ2) is 5.88. The first kappa shape index (κ1) is 17.2. The maximum atomic E-state index is 4.07. The van der Waals surface area contributed by atoms with Gasteiger partial charge in [-0.1, -0.05) is 40.2 Å². The van der Waals surface area contributed by atoms with Crippen LogP contribution >= 0.6 is 0 Å². The van der Waals surface area contributed by atoms with Gasteiger partial charge in [0, 0.05) is 0 Å². The van der Waals surface area contributed by atoms with Crippen LogP contribution in [0.25, 0.3) is 0 Å². The molecule has 136 valence electrons. The lowest BCUT2D eigenvalue weighted by Crippen LogP contribution is -2.54. The van der Waals surface area contributed by atoms with Gasteiger partial charge < -0.3 is 0 Å². The summed E-state index contributed by atoms with van der Waals surface area (Å²) in [6.07, 6.45) is 15.6. The Balaban J connectivity index is 1.62. The molecule has 0 bridgehead atoms. The van der Waals surface area contributed by atoms with Crippen molar-refractivity contribution in [3.63, 3.8) is 0 Å². The zero-order valence-corrected chi connectivity index (χ0v) is 16.7. The van der Waals surface area contributed by atoms with Crippen LogP contribution in [0.1, 0.15) is 85.5 Å². The van der Waals surface area contributed by atoms with E-state index in [0.717, 1.165) is 41.4 Å². The molecule has 24 heavy (non-hydrogen) atoms. The average molecular weight is 329 g/mol. The van der Waals surface area contributed by atoms with Crippen LogP contribution in [0.15, 0.2) is 12.7 Å². The van der Waals surface area contributed by atoms with Crippen molar-refractivity contribution >= 4 is 0 Å². The Hall–Kier alpha value is -0.260. The monoisotopic (exact) mass is 328 g/mol. The fourth-order valence-corrected chi connectivity index (χ4v) is 8.73. The van der Waals surface area contributed by atoms with Gasteiger partial charge in [0.1, 0.15) is 0 Å². The Morgan fingerprint density at radius 3 is 2.33 bits per heavy atom. The van der Waals surface area contributed by atoms with E-state index in [1.807, 2.05) is 0 Å². The number of allylic oxidation sites excluding steroid dienone is 1. The minimum absolute atomic E-state index is 0.632. The third-order valence-electron chi connectivity index (χ3n) is 9.89. The lowest BCUT2D eigenvalue weighted by molar-refractivity contribution is -0.127. The standard InChI is InChI=1S/C24H40/c1-6-7-19-17(3)15-24(5)20(19)10-11-21-22(24)9-8-18-14-16(2)12-13-23(18,21)4/h6,16-22H,1,7-15H2,2-5H3. The fraction of sp³-hybridized carbons (Fsp3) is 0.917. The first-order valence-corrected chi connectivity index (χ1v) is 11.0. The van der Waals surface area contributed by atoms with Crippen molar-refractivity contribution in [1.82, 2.24) is 0 Å². The van der Waals surface area contributed by atoms with Gasteiger partial charge in [-0.05, 0) is 104 Å². The van der Waals surface area contributed by atoms with E-state index in [2.05, 4.69) is 40.3 Å². The molecule has 9 atom stereocenters. The van der Waals surface area contributed by atoms with E-state index in [0.29, 0.717) is 10.8 Å². The number of fused-ring (bicyclic) bond motifs is 5. The smallest absolute Gasteiger partial charge is 0.0261 e. The van der Waals surface area contributed by atoms with Crippen LogP contribution < -0.4 is 0 Å². The molecule has 4 aliphatic carbocycles. The molecule has 0 heteroatoms. The summed E-state index contributed by atoms with van der Waals surface area (Å²) in [5.74, 6) is 6.87. The van der Waals surface area contributed by atoms with Crippen LogP contribution in [0, 0.1) is 52.3 Å². The SMILES string of the molecule is C=CCC1C(C)CC2(C)C1CCC1C2CCC2CC(C)CCC21C. The number of rotatable bonds is 2. The van der Waals surface area contributed by atoms with E-state index < -0.39 is 0 Å². The van der Waals surface area contributed by atoms with E-state index in [-0.39, 0.29) is 0 Å². The fourth-order valence-electron chi connectivity index (χ4n) is 8.73. The summed E-state index contributed by atoms with van der Waals surface area (Å²) in [6.45, 7) is 14.5. The second-order valence-corrected chi connectivity index (χ2v) is 10.9. The first-order valence-electron chi connectivity index (χ1n) is 11.0. The molecule has 0 radical (unpaired) electrons. The molecule has 0 aliphatic heterocycles. The van der Waals surface area contributed by atoms with Crippen molar-refractivity contribution in [3.05, 3.63) is 12.7 Å². The van der Waals surface area contributed by atoms with Crippen molar-refractivity contribution in [1.29, 1.82) is 0 Å². The van der Waals surface area contributed by atoms with Crippen LogP contribution in [0.4, 0.5) is 0 Å². The average Bonchev–Trinajstić information content (AvgIpc) is 2.79. The summed E-state index contributed by atoms with van der Waals surface area (Å²) in [7, 11) is 0. The largest absolute Gasteiger partial charge is 0.103 e. The highest BCUT2D eigenvalue weighted by Gasteiger charge is 2.61. The van der Waals surface area contributed by atoms with Crippen LogP contribution in [-0.2, 0) is 0 Å². The van der Waals surface area contributed by atoms with Crippen molar-refractivity contribution in [2.75, 3.05) is 0 Å². The molecular formula is C24H40. The van der Waals surface area contributed by atoms with Gasteiger partial charge in [0.15, 0.2) is 0 Å². The molecule has 4 rings (SSSR count). The van der Waals surface area contributed by atoms with Crippen LogP contribution in [0.2, 0.25) is 0 Å². The zero-order chi connectivity index (χ0) is 17.1. The molecule has 4 saturated carbocycles. The molecule has 0 saturated heterocycles. The highest BCUT2D eigenvalue weighted by atomic mass is 14.7. The van der Waals surface area contributed by atoms with Crippen LogP contribution in [0.3, 0.4) is 0 Å². The molecule has 0 aromatic heterocycles. The Kier molecular flexibility index (Phi) is 4.21. The summed E-state index contributed by atoms with van der Waals surface area (Å²) < 4.78 is 0. The molecule has 0 aromatic carbocycles. The molecule has 0 heterocycles. The Morgan fingerprint density at radius 1 is 0.917 bits per heavy atom. The molecule has 0 amide bonds. The quantitative estimate of drug-likeness (QED) is 0.474. The molecule has 0 nitrogen and oxygen atoms in total. The van der Waals surface area contributed by atoms with Gasteiger partial charge in [-0.2, -0.15) is 0 Å². The van der Waals surface area contributed by atoms with Gasteiger partial charge in [-0.25, -0.2) is 0 Å². The summed E-state index contributed by atoms with van der Waals surface area (Å²) in [5.41, 5.74) is 1.30. The van der Waals surface area contributed by atoms with Gasteiger partial charge in [0.2, 0.25) is 0 Å². The van der Waals surface area contributed by atoms with E-state index in [1.54, 1.807) is 0 Å². The Labute approximate surface area is 150 Å². The Bertz CT molecular complexity index is 492. The van der Waals surface area contributed by atoms with E-state index in [1.165, 1.54) is 57.8 Å². The minimum atomic E-state index is 0.632. The zero-order valence-electron chi connectivity index (χ0n) is 16.7. The maximum absolute atomic E-state index is 4.07. The van der Waals surface area contributed by atoms with Crippen molar-refractivity contribution in [2.45, 2.75) is 85.5 Å². The highest BCUT2D eigenvalue weighted by Crippen LogP contribution is 2.69. The predicted octanol–water partition coefficient (Wildman–Crippen LogP) is 7.10. The Morgan fingerprint density at radius 2 is 1.58 bits per heavy atom. The van der Waals surface area contributed by atoms with Gasteiger partial charge in [-0.3, -0.25) is 0 Å². The van der Waals surface area contributed by atoms with Gasteiger partial charge in [0.05, 0.1) is 0 Å². The first-order chi connectivity index (χ1) is 11.4. The minimum Gasteiger partial charge on any atom is -0.103 e. The number of hydrogen-bond acceptors (Lipinski definition) is 0. The summed E-state index contributed by atoms with van der Waals surface area (Å²) >= 11 is 0. The molecule has 4 aliphatic rings.